The summed E-state index contributed by atoms with van der Waals surface area (Å²) in [4.78, 5) is 17.7. The summed E-state index contributed by atoms with van der Waals surface area (Å²) in [6.07, 6.45) is 7.08. The first-order chi connectivity index (χ1) is 14.4. The summed E-state index contributed by atoms with van der Waals surface area (Å²) in [6.45, 7) is 0.614. The van der Waals surface area contributed by atoms with E-state index in [9.17, 15) is 0 Å². The molecule has 1 N–H and O–H groups in total. The molecule has 0 radical (unpaired) electrons. The van der Waals surface area contributed by atoms with Gasteiger partial charge in [-0.05, 0) is 23.8 Å². The molecule has 0 fully saturated rings. The third-order valence-corrected chi connectivity index (χ3v) is 4.50. The van der Waals surface area contributed by atoms with E-state index in [0.29, 0.717) is 18.1 Å². The van der Waals surface area contributed by atoms with Gasteiger partial charge in [-0.1, -0.05) is 36.4 Å². The Morgan fingerprint density at radius 2 is 1.59 bits per heavy atom. The van der Waals surface area contributed by atoms with Crippen molar-refractivity contribution in [3.05, 3.63) is 91.0 Å². The fraction of sp³-hybridized carbons (Fsp3) is 0.0455. The Labute approximate surface area is 167 Å². The van der Waals surface area contributed by atoms with Crippen molar-refractivity contribution in [2.75, 3.05) is 5.32 Å². The molecular weight excluding hydrogens is 362 g/mol. The highest BCUT2D eigenvalue weighted by Crippen LogP contribution is 2.24. The number of hydrogen-bond acceptors (Lipinski definition) is 6. The highest BCUT2D eigenvalue weighted by Gasteiger charge is 2.13. The van der Waals surface area contributed by atoms with Crippen molar-refractivity contribution in [2.45, 2.75) is 6.54 Å². The number of pyridine rings is 2. The van der Waals surface area contributed by atoms with Crippen molar-refractivity contribution < 1.29 is 0 Å². The Bertz CT molecular complexity index is 1240. The molecule has 0 saturated heterocycles. The molecule has 0 amide bonds. The lowest BCUT2D eigenvalue weighted by Gasteiger charge is -2.10. The number of nitrogens with zero attached hydrogens (tertiary/aromatic N) is 6. The molecule has 0 aliphatic carbocycles. The van der Waals surface area contributed by atoms with E-state index in [4.69, 9.17) is 4.98 Å². The first-order valence-electron chi connectivity index (χ1n) is 9.23. The maximum absolute atomic E-state index is 4.72. The summed E-state index contributed by atoms with van der Waals surface area (Å²) in [5.74, 6) is 1.92. The Morgan fingerprint density at radius 1 is 0.793 bits per heavy atom. The summed E-state index contributed by atoms with van der Waals surface area (Å²) in [6, 6.07) is 19.8. The van der Waals surface area contributed by atoms with Crippen LogP contribution in [0, 0.1) is 0 Å². The van der Waals surface area contributed by atoms with Crippen LogP contribution >= 0.6 is 0 Å². The van der Waals surface area contributed by atoms with Crippen LogP contribution < -0.4 is 5.32 Å². The van der Waals surface area contributed by atoms with Crippen LogP contribution in [0.3, 0.4) is 0 Å². The van der Waals surface area contributed by atoms with Gasteiger partial charge in [0.25, 0.3) is 5.78 Å². The molecule has 0 bridgehead atoms. The topological polar surface area (TPSA) is 80.9 Å². The molecule has 0 saturated carbocycles. The predicted octanol–water partition coefficient (Wildman–Crippen LogP) is 3.86. The van der Waals surface area contributed by atoms with E-state index in [1.807, 2.05) is 66.9 Å². The van der Waals surface area contributed by atoms with Crippen molar-refractivity contribution >= 4 is 11.6 Å². The highest BCUT2D eigenvalue weighted by molar-refractivity contribution is 5.66. The minimum absolute atomic E-state index is 0.527. The van der Waals surface area contributed by atoms with Crippen LogP contribution in [0.25, 0.3) is 28.4 Å². The average Bonchev–Trinajstić information content (AvgIpc) is 3.24. The van der Waals surface area contributed by atoms with Gasteiger partial charge in [-0.3, -0.25) is 9.97 Å². The molecule has 7 heteroatoms. The van der Waals surface area contributed by atoms with Gasteiger partial charge in [-0.2, -0.15) is 9.50 Å². The normalized spacial score (nSPS) is 10.9. The van der Waals surface area contributed by atoms with Crippen LogP contribution in [0.2, 0.25) is 0 Å². The molecule has 0 atom stereocenters. The number of aromatic nitrogens is 6. The van der Waals surface area contributed by atoms with E-state index in [1.54, 1.807) is 23.1 Å². The van der Waals surface area contributed by atoms with Crippen LogP contribution in [-0.4, -0.2) is 29.5 Å². The van der Waals surface area contributed by atoms with Crippen LogP contribution in [-0.2, 0) is 6.54 Å². The summed E-state index contributed by atoms with van der Waals surface area (Å²) < 4.78 is 1.73. The second-order valence-corrected chi connectivity index (χ2v) is 6.50. The lowest BCUT2D eigenvalue weighted by atomic mass is 10.1. The molecular formula is C22H17N7. The van der Waals surface area contributed by atoms with Crippen molar-refractivity contribution in [1.82, 2.24) is 29.5 Å². The van der Waals surface area contributed by atoms with Crippen molar-refractivity contribution in [3.8, 4) is 22.6 Å². The largest absolute Gasteiger partial charge is 0.366 e. The number of nitrogens with one attached hydrogen (secondary N) is 1. The number of benzene rings is 1. The summed E-state index contributed by atoms with van der Waals surface area (Å²) in [7, 11) is 0. The Balaban J connectivity index is 1.60. The summed E-state index contributed by atoms with van der Waals surface area (Å²) in [5.41, 5.74) is 3.77. The maximum atomic E-state index is 4.72. The second-order valence-electron chi connectivity index (χ2n) is 6.50. The summed E-state index contributed by atoms with van der Waals surface area (Å²) >= 11 is 0. The van der Waals surface area contributed by atoms with Gasteiger partial charge < -0.3 is 5.32 Å². The van der Waals surface area contributed by atoms with Crippen molar-refractivity contribution in [2.24, 2.45) is 0 Å². The fourth-order valence-corrected chi connectivity index (χ4v) is 3.06. The smallest absolute Gasteiger partial charge is 0.255 e. The predicted molar refractivity (Wildman–Crippen MR) is 111 cm³/mol. The molecule has 0 aliphatic rings. The van der Waals surface area contributed by atoms with Gasteiger partial charge in [0.15, 0.2) is 5.82 Å². The highest BCUT2D eigenvalue weighted by atomic mass is 15.4. The number of rotatable bonds is 5. The van der Waals surface area contributed by atoms with E-state index in [-0.39, 0.29) is 0 Å². The van der Waals surface area contributed by atoms with E-state index in [2.05, 4.69) is 25.4 Å². The quantitative estimate of drug-likeness (QED) is 0.499. The van der Waals surface area contributed by atoms with E-state index in [0.717, 1.165) is 28.2 Å². The van der Waals surface area contributed by atoms with Crippen LogP contribution in [0.5, 0.6) is 0 Å². The molecule has 140 valence electrons. The van der Waals surface area contributed by atoms with Crippen molar-refractivity contribution in [3.63, 3.8) is 0 Å². The molecule has 5 aromatic rings. The number of anilines is 1. The third-order valence-electron chi connectivity index (χ3n) is 4.50. The first-order valence-corrected chi connectivity index (χ1v) is 9.23. The molecule has 29 heavy (non-hydrogen) atoms. The number of fused-ring (bicyclic) bond motifs is 1. The lowest BCUT2D eigenvalue weighted by molar-refractivity contribution is 0.927. The zero-order valence-electron chi connectivity index (χ0n) is 15.5. The van der Waals surface area contributed by atoms with Crippen LogP contribution in [0.4, 0.5) is 5.82 Å². The fourth-order valence-electron chi connectivity index (χ4n) is 3.06. The maximum Gasteiger partial charge on any atom is 0.255 e. The molecule has 4 heterocycles. The Hall–Kier alpha value is -4.13. The minimum atomic E-state index is 0.527. The molecule has 4 aromatic heterocycles. The number of hydrogen-bond donors (Lipinski definition) is 1. The van der Waals surface area contributed by atoms with Crippen LogP contribution in [0.15, 0.2) is 85.5 Å². The van der Waals surface area contributed by atoms with Gasteiger partial charge in [0.2, 0.25) is 0 Å². The first kappa shape index (κ1) is 17.0. The van der Waals surface area contributed by atoms with Gasteiger partial charge in [0.05, 0.1) is 5.69 Å². The van der Waals surface area contributed by atoms with Gasteiger partial charge in [0.1, 0.15) is 5.82 Å². The molecule has 0 unspecified atom stereocenters. The zero-order chi connectivity index (χ0) is 19.5. The molecule has 1 aromatic carbocycles. The van der Waals surface area contributed by atoms with E-state index < -0.39 is 0 Å². The van der Waals surface area contributed by atoms with Gasteiger partial charge >= 0.3 is 0 Å². The lowest BCUT2D eigenvalue weighted by Crippen LogP contribution is -2.07. The second kappa shape index (κ2) is 7.47. The summed E-state index contributed by atoms with van der Waals surface area (Å²) in [5, 5.41) is 8.10. The van der Waals surface area contributed by atoms with Crippen molar-refractivity contribution in [1.29, 1.82) is 0 Å². The van der Waals surface area contributed by atoms with Gasteiger partial charge in [-0.25, -0.2) is 4.98 Å². The van der Waals surface area contributed by atoms with E-state index in [1.165, 1.54) is 0 Å². The molecule has 7 nitrogen and oxygen atoms in total. The molecule has 0 aliphatic heterocycles. The van der Waals surface area contributed by atoms with E-state index >= 15 is 0 Å². The Kier molecular flexibility index (Phi) is 4.38. The SMILES string of the molecule is c1ccc(-c2cc(NCc3cccnc3)n3nc(-c4cccnc4)nc3n2)cc1. The zero-order valence-corrected chi connectivity index (χ0v) is 15.5. The monoisotopic (exact) mass is 379 g/mol. The standard InChI is InChI=1S/C22H17N7/c1-2-7-17(8-3-1)19-12-20(25-14-16-6-4-10-23-13-16)29-22(26-19)27-21(28-29)18-9-5-11-24-15-18/h1-13,15,25H,14H2. The third kappa shape index (κ3) is 3.53. The van der Waals surface area contributed by atoms with Gasteiger partial charge in [-0.15, -0.1) is 5.10 Å². The Morgan fingerprint density at radius 3 is 2.34 bits per heavy atom. The average molecular weight is 379 g/mol. The minimum Gasteiger partial charge on any atom is -0.366 e. The molecule has 5 rings (SSSR count). The van der Waals surface area contributed by atoms with Crippen LogP contribution in [0.1, 0.15) is 5.56 Å². The molecule has 0 spiro atoms. The van der Waals surface area contributed by atoms with Gasteiger partial charge in [0, 0.05) is 48.5 Å².